The minimum Gasteiger partial charge on any atom is -0.329 e. The highest BCUT2D eigenvalue weighted by molar-refractivity contribution is 4.90. The number of rotatable bonds is 6. The average Bonchev–Trinajstić information content (AvgIpc) is 2.37. The first-order valence-corrected chi connectivity index (χ1v) is 7.44. The molecule has 0 bridgehead atoms. The largest absolute Gasteiger partial charge is 0.389 e. The van der Waals surface area contributed by atoms with Gasteiger partial charge in [-0.1, -0.05) is 0 Å². The van der Waals surface area contributed by atoms with E-state index < -0.39 is 12.6 Å². The van der Waals surface area contributed by atoms with Crippen LogP contribution in [0.1, 0.15) is 40.0 Å². The Balaban J connectivity index is 2.48. The minimum atomic E-state index is -4.06. The molecule has 20 heavy (non-hydrogen) atoms. The highest BCUT2D eigenvalue weighted by atomic mass is 19.4. The number of piperazine rings is 1. The molecule has 0 aromatic carbocycles. The molecule has 2 N–H and O–H groups in total. The van der Waals surface area contributed by atoms with E-state index in [0.717, 1.165) is 26.2 Å². The van der Waals surface area contributed by atoms with Crippen molar-refractivity contribution >= 4 is 0 Å². The van der Waals surface area contributed by atoms with Crippen molar-refractivity contribution in [2.45, 2.75) is 57.8 Å². The van der Waals surface area contributed by atoms with E-state index in [9.17, 15) is 13.2 Å². The van der Waals surface area contributed by atoms with E-state index in [-0.39, 0.29) is 12.0 Å². The predicted octanol–water partition coefficient (Wildman–Crippen LogP) is 2.46. The van der Waals surface area contributed by atoms with Crippen molar-refractivity contribution in [3.63, 3.8) is 0 Å². The van der Waals surface area contributed by atoms with Crippen LogP contribution in [0.2, 0.25) is 0 Å². The summed E-state index contributed by atoms with van der Waals surface area (Å²) < 4.78 is 36.8. The molecule has 1 aliphatic heterocycles. The molecule has 3 nitrogen and oxygen atoms in total. The van der Waals surface area contributed by atoms with Crippen molar-refractivity contribution in [3.8, 4) is 0 Å². The third-order valence-corrected chi connectivity index (χ3v) is 4.42. The molecular weight excluding hydrogens is 267 g/mol. The van der Waals surface area contributed by atoms with Gasteiger partial charge in [0.15, 0.2) is 0 Å². The molecule has 0 radical (unpaired) electrons. The second kappa shape index (κ2) is 7.09. The molecule has 1 rings (SSSR count). The molecule has 6 heteroatoms. The van der Waals surface area contributed by atoms with Crippen molar-refractivity contribution in [2.24, 2.45) is 5.73 Å². The molecule has 120 valence electrons. The molecule has 0 amide bonds. The number of alkyl halides is 3. The Morgan fingerprint density at radius 2 is 1.60 bits per heavy atom. The van der Waals surface area contributed by atoms with E-state index in [4.69, 9.17) is 5.73 Å². The summed E-state index contributed by atoms with van der Waals surface area (Å²) in [6.45, 7) is 10.4. The van der Waals surface area contributed by atoms with Gasteiger partial charge in [-0.2, -0.15) is 13.2 Å². The van der Waals surface area contributed by atoms with E-state index >= 15 is 0 Å². The first kappa shape index (κ1) is 17.7. The van der Waals surface area contributed by atoms with Crippen LogP contribution in [0, 0.1) is 0 Å². The molecule has 0 spiro atoms. The summed E-state index contributed by atoms with van der Waals surface area (Å²) in [6, 6.07) is 0.520. The fourth-order valence-corrected chi connectivity index (χ4v) is 2.84. The Kier molecular flexibility index (Phi) is 6.28. The van der Waals surface area contributed by atoms with E-state index in [1.165, 1.54) is 0 Å². The van der Waals surface area contributed by atoms with Crippen molar-refractivity contribution in [1.82, 2.24) is 9.80 Å². The summed E-state index contributed by atoms with van der Waals surface area (Å²) in [5.74, 6) is 0. The molecule has 0 aromatic heterocycles. The number of nitrogens with two attached hydrogens (primary N) is 1. The SMILES string of the molecule is CC(C)N1CCN(C(C)(CN)CCCC(F)(F)F)CC1. The lowest BCUT2D eigenvalue weighted by molar-refractivity contribution is -0.137. The van der Waals surface area contributed by atoms with Crippen LogP contribution in [0.15, 0.2) is 0 Å². The molecule has 1 fully saturated rings. The summed E-state index contributed by atoms with van der Waals surface area (Å²) in [4.78, 5) is 4.66. The number of hydrogen-bond donors (Lipinski definition) is 1. The van der Waals surface area contributed by atoms with Gasteiger partial charge in [-0.3, -0.25) is 9.80 Å². The summed E-state index contributed by atoms with van der Waals surface area (Å²) in [6.07, 6.45) is -4.12. The van der Waals surface area contributed by atoms with Gasteiger partial charge in [0.2, 0.25) is 0 Å². The zero-order chi connectivity index (χ0) is 15.4. The highest BCUT2D eigenvalue weighted by Gasteiger charge is 2.35. The molecule has 0 aliphatic carbocycles. The van der Waals surface area contributed by atoms with Gasteiger partial charge < -0.3 is 5.73 Å². The molecule has 1 atom stereocenters. The van der Waals surface area contributed by atoms with Gasteiger partial charge in [0.25, 0.3) is 0 Å². The van der Waals surface area contributed by atoms with Crippen LogP contribution in [-0.4, -0.2) is 60.3 Å². The summed E-state index contributed by atoms with van der Waals surface area (Å²) in [7, 11) is 0. The van der Waals surface area contributed by atoms with E-state index in [1.807, 2.05) is 6.92 Å². The normalized spacial score (nSPS) is 22.2. The van der Waals surface area contributed by atoms with Crippen molar-refractivity contribution < 1.29 is 13.2 Å². The van der Waals surface area contributed by atoms with Crippen LogP contribution >= 0.6 is 0 Å². The quantitative estimate of drug-likeness (QED) is 0.817. The van der Waals surface area contributed by atoms with Gasteiger partial charge in [-0.25, -0.2) is 0 Å². The third-order valence-electron chi connectivity index (χ3n) is 4.42. The van der Waals surface area contributed by atoms with Crippen molar-refractivity contribution in [1.29, 1.82) is 0 Å². The lowest BCUT2D eigenvalue weighted by atomic mass is 9.91. The van der Waals surface area contributed by atoms with Gasteiger partial charge in [-0.15, -0.1) is 0 Å². The summed E-state index contributed by atoms with van der Waals surface area (Å²) >= 11 is 0. The smallest absolute Gasteiger partial charge is 0.329 e. The van der Waals surface area contributed by atoms with Crippen LogP contribution in [0.25, 0.3) is 0 Å². The lowest BCUT2D eigenvalue weighted by Gasteiger charge is -2.46. The van der Waals surface area contributed by atoms with Crippen LogP contribution in [0.3, 0.4) is 0 Å². The average molecular weight is 295 g/mol. The maximum absolute atomic E-state index is 12.3. The molecular formula is C14H28F3N3. The fourth-order valence-electron chi connectivity index (χ4n) is 2.84. The Labute approximate surface area is 120 Å². The zero-order valence-corrected chi connectivity index (χ0v) is 12.8. The van der Waals surface area contributed by atoms with Gasteiger partial charge >= 0.3 is 6.18 Å². The minimum absolute atomic E-state index is 0.154. The van der Waals surface area contributed by atoms with Crippen molar-refractivity contribution in [3.05, 3.63) is 0 Å². The first-order valence-electron chi connectivity index (χ1n) is 7.44. The Hall–Kier alpha value is -0.330. The van der Waals surface area contributed by atoms with Gasteiger partial charge in [0.1, 0.15) is 0 Å². The summed E-state index contributed by atoms with van der Waals surface area (Å²) in [5, 5.41) is 0. The molecule has 1 heterocycles. The lowest BCUT2D eigenvalue weighted by Crippen LogP contribution is -2.59. The van der Waals surface area contributed by atoms with Crippen molar-refractivity contribution in [2.75, 3.05) is 32.7 Å². The molecule has 1 unspecified atom stereocenters. The van der Waals surface area contributed by atoms with Crippen LogP contribution < -0.4 is 5.73 Å². The van der Waals surface area contributed by atoms with Crippen LogP contribution in [-0.2, 0) is 0 Å². The molecule has 0 saturated carbocycles. The Morgan fingerprint density at radius 1 is 1.05 bits per heavy atom. The monoisotopic (exact) mass is 295 g/mol. The number of hydrogen-bond acceptors (Lipinski definition) is 3. The maximum Gasteiger partial charge on any atom is 0.389 e. The van der Waals surface area contributed by atoms with E-state index in [2.05, 4.69) is 23.6 Å². The second-order valence-corrected chi connectivity index (χ2v) is 6.29. The number of halogens is 3. The first-order chi connectivity index (χ1) is 9.18. The van der Waals surface area contributed by atoms with Gasteiger partial charge in [0, 0.05) is 50.7 Å². The second-order valence-electron chi connectivity index (χ2n) is 6.29. The van der Waals surface area contributed by atoms with Gasteiger partial charge in [-0.05, 0) is 33.6 Å². The summed E-state index contributed by atoms with van der Waals surface area (Å²) in [5.41, 5.74) is 5.53. The van der Waals surface area contributed by atoms with Gasteiger partial charge in [0.05, 0.1) is 0 Å². The van der Waals surface area contributed by atoms with E-state index in [0.29, 0.717) is 19.0 Å². The topological polar surface area (TPSA) is 32.5 Å². The highest BCUT2D eigenvalue weighted by Crippen LogP contribution is 2.28. The molecule has 1 saturated heterocycles. The standard InChI is InChI=1S/C14H28F3N3/c1-12(2)19-7-9-20(10-8-19)13(3,11-18)5-4-6-14(15,16)17/h12H,4-11,18H2,1-3H3. The van der Waals surface area contributed by atoms with Crippen LogP contribution in [0.4, 0.5) is 13.2 Å². The predicted molar refractivity (Wildman–Crippen MR) is 75.6 cm³/mol. The number of nitrogens with zero attached hydrogens (tertiary/aromatic N) is 2. The molecule has 0 aromatic rings. The van der Waals surface area contributed by atoms with Crippen LogP contribution in [0.5, 0.6) is 0 Å². The fraction of sp³-hybridized carbons (Fsp3) is 1.00. The molecule has 1 aliphatic rings. The Bertz CT molecular complexity index is 286. The Morgan fingerprint density at radius 3 is 2.00 bits per heavy atom. The zero-order valence-electron chi connectivity index (χ0n) is 12.8. The maximum atomic E-state index is 12.3. The third kappa shape index (κ3) is 5.22. The van der Waals surface area contributed by atoms with E-state index in [1.54, 1.807) is 0 Å².